The Labute approximate surface area is 213 Å². The summed E-state index contributed by atoms with van der Waals surface area (Å²) in [4.78, 5) is 17.1. The van der Waals surface area contributed by atoms with E-state index in [1.165, 1.54) is 26.4 Å². The molecule has 0 aliphatic rings. The number of methoxy groups -OCH3 is 2. The van der Waals surface area contributed by atoms with Crippen LogP contribution in [0.5, 0.6) is 11.5 Å². The first-order chi connectivity index (χ1) is 17.3. The fraction of sp³-hybridized carbons (Fsp3) is 0.154. The summed E-state index contributed by atoms with van der Waals surface area (Å²) in [6, 6.07) is 20.5. The van der Waals surface area contributed by atoms with E-state index < -0.39 is 9.84 Å². The fourth-order valence-electron chi connectivity index (χ4n) is 3.31. The zero-order valence-electron chi connectivity index (χ0n) is 19.8. The summed E-state index contributed by atoms with van der Waals surface area (Å²) in [5.74, 6) is 0.678. The number of nitrogens with one attached hydrogen (secondary N) is 1. The molecule has 1 N–H and O–H groups in total. The second kappa shape index (κ2) is 10.9. The summed E-state index contributed by atoms with van der Waals surface area (Å²) in [7, 11) is -0.968. The van der Waals surface area contributed by atoms with Gasteiger partial charge in [-0.05, 0) is 43.3 Å². The number of aryl methyl sites for hydroxylation is 1. The third-order valence-corrected chi connectivity index (χ3v) is 7.94. The van der Waals surface area contributed by atoms with E-state index in [2.05, 4.69) is 10.3 Å². The molecule has 10 heteroatoms. The molecule has 1 amide bonds. The van der Waals surface area contributed by atoms with Crippen LogP contribution in [0, 0.1) is 6.92 Å². The molecule has 186 valence electrons. The number of benzene rings is 3. The van der Waals surface area contributed by atoms with E-state index in [0.717, 1.165) is 17.3 Å². The lowest BCUT2D eigenvalue weighted by Gasteiger charge is -2.11. The lowest BCUT2D eigenvalue weighted by atomic mass is 10.2. The standard InChI is InChI=1S/C26H24N2O6S2/c1-17-9-12-20(13-10-17)36(30,31)25-26(34-24(28-25)18-7-5-4-6-8-18)35-16-23(29)27-21-14-11-19(32-2)15-22(21)33-3/h4-15H,16H2,1-3H3,(H,27,29). The number of oxazole rings is 1. The summed E-state index contributed by atoms with van der Waals surface area (Å²) in [6.45, 7) is 1.87. The minimum Gasteiger partial charge on any atom is -0.497 e. The van der Waals surface area contributed by atoms with Gasteiger partial charge in [-0.2, -0.15) is 4.98 Å². The number of carbonyl (C=O) groups excluding carboxylic acids is 1. The molecule has 0 saturated heterocycles. The number of nitrogens with zero attached hydrogens (tertiary/aromatic N) is 1. The van der Waals surface area contributed by atoms with Gasteiger partial charge in [0.25, 0.3) is 0 Å². The van der Waals surface area contributed by atoms with E-state index in [1.54, 1.807) is 54.6 Å². The highest BCUT2D eigenvalue weighted by molar-refractivity contribution is 8.00. The van der Waals surface area contributed by atoms with Crippen molar-refractivity contribution in [3.8, 4) is 23.0 Å². The summed E-state index contributed by atoms with van der Waals surface area (Å²) < 4.78 is 43.2. The highest BCUT2D eigenvalue weighted by Gasteiger charge is 2.29. The van der Waals surface area contributed by atoms with Crippen LogP contribution in [0.15, 0.2) is 92.2 Å². The highest BCUT2D eigenvalue weighted by atomic mass is 32.2. The van der Waals surface area contributed by atoms with Crippen molar-refractivity contribution in [3.05, 3.63) is 78.4 Å². The minimum absolute atomic E-state index is 0.0336. The van der Waals surface area contributed by atoms with Crippen LogP contribution >= 0.6 is 11.8 Å². The molecule has 8 nitrogen and oxygen atoms in total. The number of aromatic nitrogens is 1. The number of amides is 1. The Morgan fingerprint density at radius 1 is 1.00 bits per heavy atom. The molecule has 0 bridgehead atoms. The maximum absolute atomic E-state index is 13.4. The first kappa shape index (κ1) is 25.3. The number of hydrogen-bond acceptors (Lipinski definition) is 8. The minimum atomic E-state index is -3.99. The SMILES string of the molecule is COc1ccc(NC(=O)CSc2oc(-c3ccccc3)nc2S(=O)(=O)c2ccc(C)cc2)c(OC)c1. The molecule has 4 aromatic rings. The van der Waals surface area contributed by atoms with Crippen molar-refractivity contribution in [2.75, 3.05) is 25.3 Å². The van der Waals surface area contributed by atoms with Crippen molar-refractivity contribution in [2.45, 2.75) is 21.9 Å². The van der Waals surface area contributed by atoms with Crippen LogP contribution in [0.25, 0.3) is 11.5 Å². The van der Waals surface area contributed by atoms with Gasteiger partial charge in [-0.15, -0.1) is 0 Å². The average molecular weight is 525 g/mol. The quantitative estimate of drug-likeness (QED) is 0.297. The Morgan fingerprint density at radius 3 is 2.39 bits per heavy atom. The number of anilines is 1. The topological polar surface area (TPSA) is 108 Å². The largest absolute Gasteiger partial charge is 0.497 e. The molecule has 3 aromatic carbocycles. The predicted octanol–water partition coefficient (Wildman–Crippen LogP) is 5.23. The third kappa shape index (κ3) is 5.55. The van der Waals surface area contributed by atoms with Gasteiger partial charge >= 0.3 is 0 Å². The monoisotopic (exact) mass is 524 g/mol. The number of rotatable bonds is 9. The van der Waals surface area contributed by atoms with E-state index in [9.17, 15) is 13.2 Å². The Balaban J connectivity index is 1.61. The Morgan fingerprint density at radius 2 is 1.72 bits per heavy atom. The number of sulfone groups is 1. The van der Waals surface area contributed by atoms with Gasteiger partial charge in [0.15, 0.2) is 0 Å². The molecule has 1 aromatic heterocycles. The van der Waals surface area contributed by atoms with Gasteiger partial charge in [0.05, 0.1) is 30.6 Å². The molecule has 0 fully saturated rings. The van der Waals surface area contributed by atoms with Crippen molar-refractivity contribution in [1.29, 1.82) is 0 Å². The van der Waals surface area contributed by atoms with Crippen LogP contribution < -0.4 is 14.8 Å². The molecule has 0 spiro atoms. The van der Waals surface area contributed by atoms with E-state index >= 15 is 0 Å². The molecule has 0 unspecified atom stereocenters. The van der Waals surface area contributed by atoms with E-state index in [0.29, 0.717) is 22.7 Å². The Bertz CT molecular complexity index is 1470. The number of thioether (sulfide) groups is 1. The second-order valence-corrected chi connectivity index (χ2v) is 10.5. The summed E-state index contributed by atoms with van der Waals surface area (Å²) >= 11 is 0.950. The van der Waals surface area contributed by atoms with Gasteiger partial charge in [-0.3, -0.25) is 4.79 Å². The smallest absolute Gasteiger partial charge is 0.234 e. The molecule has 0 aliphatic carbocycles. The molecular weight excluding hydrogens is 500 g/mol. The van der Waals surface area contributed by atoms with Crippen LogP contribution in [-0.4, -0.2) is 39.3 Å². The zero-order valence-corrected chi connectivity index (χ0v) is 21.5. The van der Waals surface area contributed by atoms with Crippen LogP contribution in [0.2, 0.25) is 0 Å². The normalized spacial score (nSPS) is 11.2. The van der Waals surface area contributed by atoms with Crippen LogP contribution in [0.1, 0.15) is 5.56 Å². The third-order valence-electron chi connectivity index (χ3n) is 5.19. The van der Waals surface area contributed by atoms with Crippen molar-refractivity contribution in [3.63, 3.8) is 0 Å². The van der Waals surface area contributed by atoms with Crippen LogP contribution in [0.4, 0.5) is 5.69 Å². The number of carbonyl (C=O) groups is 1. The Kier molecular flexibility index (Phi) is 7.66. The van der Waals surface area contributed by atoms with Crippen molar-refractivity contribution >= 4 is 33.2 Å². The van der Waals surface area contributed by atoms with Gasteiger partial charge < -0.3 is 19.2 Å². The molecule has 0 aliphatic heterocycles. The summed E-state index contributed by atoms with van der Waals surface area (Å²) in [6.07, 6.45) is 0. The molecule has 0 saturated carbocycles. The fourth-order valence-corrected chi connectivity index (χ4v) is 5.63. The first-order valence-electron chi connectivity index (χ1n) is 10.8. The average Bonchev–Trinajstić information content (AvgIpc) is 3.34. The maximum atomic E-state index is 13.4. The van der Waals surface area contributed by atoms with E-state index in [1.807, 2.05) is 13.0 Å². The molecule has 36 heavy (non-hydrogen) atoms. The number of hydrogen-bond donors (Lipinski definition) is 1. The van der Waals surface area contributed by atoms with Gasteiger partial charge in [-0.1, -0.05) is 47.7 Å². The zero-order chi connectivity index (χ0) is 25.7. The van der Waals surface area contributed by atoms with Gasteiger partial charge in [0.1, 0.15) is 11.5 Å². The number of ether oxygens (including phenoxy) is 2. The van der Waals surface area contributed by atoms with Crippen molar-refractivity contribution in [2.24, 2.45) is 0 Å². The van der Waals surface area contributed by atoms with Gasteiger partial charge in [0, 0.05) is 11.6 Å². The van der Waals surface area contributed by atoms with E-state index in [-0.39, 0.29) is 32.6 Å². The Hall–Kier alpha value is -3.76. The molecule has 0 radical (unpaired) electrons. The first-order valence-corrected chi connectivity index (χ1v) is 13.3. The van der Waals surface area contributed by atoms with Crippen LogP contribution in [-0.2, 0) is 14.6 Å². The van der Waals surface area contributed by atoms with Gasteiger partial charge in [-0.25, -0.2) is 8.42 Å². The summed E-state index contributed by atoms with van der Waals surface area (Å²) in [5, 5.41) is 2.57. The molecular formula is C26H24N2O6S2. The maximum Gasteiger partial charge on any atom is 0.234 e. The predicted molar refractivity (Wildman–Crippen MR) is 137 cm³/mol. The van der Waals surface area contributed by atoms with E-state index in [4.69, 9.17) is 13.9 Å². The molecule has 4 rings (SSSR count). The molecule has 1 heterocycles. The highest BCUT2D eigenvalue weighted by Crippen LogP contribution is 2.35. The lowest BCUT2D eigenvalue weighted by molar-refractivity contribution is -0.113. The summed E-state index contributed by atoms with van der Waals surface area (Å²) in [5.41, 5.74) is 2.01. The van der Waals surface area contributed by atoms with Crippen LogP contribution in [0.3, 0.4) is 0 Å². The molecule has 0 atom stereocenters. The van der Waals surface area contributed by atoms with Gasteiger partial charge in [0.2, 0.25) is 31.8 Å². The second-order valence-electron chi connectivity index (χ2n) is 7.70. The lowest BCUT2D eigenvalue weighted by Crippen LogP contribution is -2.15. The van der Waals surface area contributed by atoms with Crippen molar-refractivity contribution in [1.82, 2.24) is 4.98 Å². The van der Waals surface area contributed by atoms with Crippen molar-refractivity contribution < 1.29 is 27.1 Å².